The molecule has 0 aromatic rings. The van der Waals surface area contributed by atoms with Crippen LogP contribution in [0.25, 0.3) is 0 Å². The van der Waals surface area contributed by atoms with Crippen molar-refractivity contribution < 1.29 is 14.4 Å². The topological polar surface area (TPSA) is 45.3 Å². The van der Waals surface area contributed by atoms with Crippen LogP contribution < -0.4 is 0 Å². The summed E-state index contributed by atoms with van der Waals surface area (Å²) in [6.45, 7) is 21.8. The summed E-state index contributed by atoms with van der Waals surface area (Å²) in [5.41, 5.74) is -1.15. The van der Waals surface area contributed by atoms with Gasteiger partial charge in [-0.25, -0.2) is 4.79 Å². The Morgan fingerprint density at radius 3 is 2.04 bits per heavy atom. The van der Waals surface area contributed by atoms with Gasteiger partial charge in [0.05, 0.1) is 16.5 Å². The predicted molar refractivity (Wildman–Crippen MR) is 99.9 cm³/mol. The van der Waals surface area contributed by atoms with Crippen molar-refractivity contribution in [3.63, 3.8) is 0 Å². The Hall–Kier alpha value is -0.650. The van der Waals surface area contributed by atoms with Crippen molar-refractivity contribution >= 4 is 5.97 Å². The standard InChI is InChI=1S/C20H38N2O3/c1-11-20(12-2)14-15(24-14)21(18(6,7)8)13-19(9,10)22(20)25-16(23)17(3,4)5/h14-15H,11-13H2,1-10H3. The summed E-state index contributed by atoms with van der Waals surface area (Å²) in [5.74, 6) is -0.187. The molecular weight excluding hydrogens is 316 g/mol. The number of epoxide rings is 1. The van der Waals surface area contributed by atoms with E-state index in [2.05, 4.69) is 53.4 Å². The van der Waals surface area contributed by atoms with E-state index in [1.807, 2.05) is 25.8 Å². The van der Waals surface area contributed by atoms with E-state index in [-0.39, 0.29) is 34.9 Å². The smallest absolute Gasteiger partial charge is 0.330 e. The first kappa shape index (κ1) is 20.7. The van der Waals surface area contributed by atoms with Gasteiger partial charge in [0.15, 0.2) is 0 Å². The van der Waals surface area contributed by atoms with Crippen molar-refractivity contribution in [2.24, 2.45) is 5.41 Å². The minimum absolute atomic E-state index is 0.00600. The van der Waals surface area contributed by atoms with Gasteiger partial charge in [-0.2, -0.15) is 0 Å². The number of carbonyl (C=O) groups is 1. The third-order valence-corrected chi connectivity index (χ3v) is 5.69. The van der Waals surface area contributed by atoms with E-state index in [1.54, 1.807) is 0 Å². The number of carbonyl (C=O) groups excluding carboxylic acids is 1. The fourth-order valence-corrected chi connectivity index (χ4v) is 4.02. The number of hydrogen-bond acceptors (Lipinski definition) is 5. The number of ether oxygens (including phenoxy) is 1. The summed E-state index contributed by atoms with van der Waals surface area (Å²) in [6.07, 6.45) is 1.92. The van der Waals surface area contributed by atoms with Crippen LogP contribution in [0.1, 0.15) is 82.1 Å². The Morgan fingerprint density at radius 1 is 1.12 bits per heavy atom. The average molecular weight is 355 g/mol. The van der Waals surface area contributed by atoms with Gasteiger partial charge in [-0.3, -0.25) is 4.90 Å². The molecule has 25 heavy (non-hydrogen) atoms. The maximum atomic E-state index is 12.7. The van der Waals surface area contributed by atoms with Gasteiger partial charge in [-0.1, -0.05) is 13.8 Å². The third kappa shape index (κ3) is 3.60. The van der Waals surface area contributed by atoms with Gasteiger partial charge in [0.1, 0.15) is 12.3 Å². The van der Waals surface area contributed by atoms with Crippen LogP contribution in [0.3, 0.4) is 0 Å². The number of rotatable bonds is 3. The number of hydrogen-bond donors (Lipinski definition) is 0. The molecule has 2 atom stereocenters. The van der Waals surface area contributed by atoms with Crippen molar-refractivity contribution in [1.29, 1.82) is 0 Å². The summed E-state index contributed by atoms with van der Waals surface area (Å²) in [4.78, 5) is 21.2. The molecule has 5 nitrogen and oxygen atoms in total. The molecule has 2 aliphatic heterocycles. The molecule has 2 fully saturated rings. The molecule has 146 valence electrons. The Balaban J connectivity index is 2.47. The first-order valence-corrected chi connectivity index (χ1v) is 9.65. The lowest BCUT2D eigenvalue weighted by Gasteiger charge is -2.49. The molecular formula is C20H38N2O3. The second-order valence-corrected chi connectivity index (χ2v) is 10.3. The molecule has 0 radical (unpaired) electrons. The van der Waals surface area contributed by atoms with Crippen molar-refractivity contribution in [1.82, 2.24) is 9.96 Å². The summed E-state index contributed by atoms with van der Waals surface area (Å²) in [7, 11) is 0. The largest absolute Gasteiger partial charge is 0.366 e. The van der Waals surface area contributed by atoms with Crippen LogP contribution >= 0.6 is 0 Å². The molecule has 2 unspecified atom stereocenters. The monoisotopic (exact) mass is 354 g/mol. The van der Waals surface area contributed by atoms with Crippen LogP contribution in [0.2, 0.25) is 0 Å². The Morgan fingerprint density at radius 2 is 1.64 bits per heavy atom. The molecule has 2 heterocycles. The van der Waals surface area contributed by atoms with Crippen LogP contribution in [0, 0.1) is 5.41 Å². The lowest BCUT2D eigenvalue weighted by Crippen LogP contribution is -2.63. The highest BCUT2D eigenvalue weighted by Gasteiger charge is 2.66. The highest BCUT2D eigenvalue weighted by atomic mass is 16.7. The van der Waals surface area contributed by atoms with Gasteiger partial charge in [0.25, 0.3) is 0 Å². The molecule has 0 amide bonds. The molecule has 0 bridgehead atoms. The molecule has 2 saturated heterocycles. The third-order valence-electron chi connectivity index (χ3n) is 5.69. The highest BCUT2D eigenvalue weighted by Crippen LogP contribution is 2.50. The van der Waals surface area contributed by atoms with E-state index in [9.17, 15) is 4.79 Å². The summed E-state index contributed by atoms with van der Waals surface area (Å²) < 4.78 is 6.18. The maximum absolute atomic E-state index is 12.7. The van der Waals surface area contributed by atoms with E-state index in [0.717, 1.165) is 19.4 Å². The molecule has 0 N–H and O–H groups in total. The molecule has 5 heteroatoms. The fraction of sp³-hybridized carbons (Fsp3) is 0.950. The van der Waals surface area contributed by atoms with Crippen LogP contribution in [-0.4, -0.2) is 51.4 Å². The van der Waals surface area contributed by atoms with Crippen molar-refractivity contribution in [3.05, 3.63) is 0 Å². The van der Waals surface area contributed by atoms with Crippen molar-refractivity contribution in [3.8, 4) is 0 Å². The minimum atomic E-state index is -0.539. The van der Waals surface area contributed by atoms with Gasteiger partial charge in [-0.05, 0) is 68.2 Å². The Kier molecular flexibility index (Phi) is 5.13. The number of hydroxylamine groups is 2. The average Bonchev–Trinajstić information content (AvgIpc) is 3.23. The predicted octanol–water partition coefficient (Wildman–Crippen LogP) is 3.97. The summed E-state index contributed by atoms with van der Waals surface area (Å²) in [5, 5.41) is 1.99. The first-order valence-electron chi connectivity index (χ1n) is 9.65. The molecule has 2 rings (SSSR count). The zero-order chi connectivity index (χ0) is 19.4. The highest BCUT2D eigenvalue weighted by molar-refractivity contribution is 5.75. The molecule has 0 spiro atoms. The summed E-state index contributed by atoms with van der Waals surface area (Å²) in [6, 6.07) is 0. The van der Waals surface area contributed by atoms with Crippen LogP contribution in [-0.2, 0) is 14.4 Å². The lowest BCUT2D eigenvalue weighted by atomic mass is 9.85. The quantitative estimate of drug-likeness (QED) is 0.718. The van der Waals surface area contributed by atoms with Crippen LogP contribution in [0.15, 0.2) is 0 Å². The molecule has 0 aliphatic carbocycles. The van der Waals surface area contributed by atoms with Gasteiger partial charge in [0.2, 0.25) is 0 Å². The van der Waals surface area contributed by atoms with E-state index < -0.39 is 5.41 Å². The number of nitrogens with zero attached hydrogens (tertiary/aromatic N) is 2. The lowest BCUT2D eigenvalue weighted by molar-refractivity contribution is -0.272. The zero-order valence-electron chi connectivity index (χ0n) is 17.9. The second-order valence-electron chi connectivity index (χ2n) is 10.3. The number of fused-ring (bicyclic) bond motifs is 1. The van der Waals surface area contributed by atoms with Crippen LogP contribution in [0.4, 0.5) is 0 Å². The van der Waals surface area contributed by atoms with Crippen molar-refractivity contribution in [2.45, 2.75) is 111 Å². The van der Waals surface area contributed by atoms with E-state index in [0.29, 0.717) is 0 Å². The SMILES string of the molecule is CCC1(CC)C2OC2N(C(C)(C)C)CC(C)(C)N1OC(=O)C(C)(C)C. The molecule has 0 saturated carbocycles. The Bertz CT molecular complexity index is 512. The Labute approximate surface area is 154 Å². The van der Waals surface area contributed by atoms with E-state index in [1.165, 1.54) is 0 Å². The maximum Gasteiger partial charge on any atom is 0.330 e. The van der Waals surface area contributed by atoms with Gasteiger partial charge >= 0.3 is 5.97 Å². The van der Waals surface area contributed by atoms with Gasteiger partial charge in [-0.15, -0.1) is 5.06 Å². The summed E-state index contributed by atoms with van der Waals surface area (Å²) >= 11 is 0. The normalized spacial score (nSPS) is 29.7. The van der Waals surface area contributed by atoms with Crippen molar-refractivity contribution in [2.75, 3.05) is 6.54 Å². The molecule has 0 aromatic carbocycles. The second kappa shape index (κ2) is 6.21. The minimum Gasteiger partial charge on any atom is -0.366 e. The van der Waals surface area contributed by atoms with Crippen LogP contribution in [0.5, 0.6) is 0 Å². The zero-order valence-corrected chi connectivity index (χ0v) is 17.9. The van der Waals surface area contributed by atoms with E-state index in [4.69, 9.17) is 9.57 Å². The van der Waals surface area contributed by atoms with E-state index >= 15 is 0 Å². The van der Waals surface area contributed by atoms with Gasteiger partial charge in [0, 0.05) is 12.1 Å². The first-order chi connectivity index (χ1) is 11.2. The molecule has 2 aliphatic rings. The molecule has 0 aromatic heterocycles. The fourth-order valence-electron chi connectivity index (χ4n) is 4.02. The van der Waals surface area contributed by atoms with Gasteiger partial charge < -0.3 is 9.57 Å².